The molecule has 0 aliphatic rings. The molecule has 6 N–H and O–H groups in total. The van der Waals surface area contributed by atoms with Crippen molar-refractivity contribution in [1.82, 2.24) is 0 Å². The van der Waals surface area contributed by atoms with Crippen LogP contribution >= 0.6 is 0 Å². The molecule has 0 fully saturated rings. The Bertz CT molecular complexity index is 3780. The van der Waals surface area contributed by atoms with E-state index in [0.717, 1.165) is 90.9 Å². The van der Waals surface area contributed by atoms with Crippen LogP contribution in [0, 0.1) is 0 Å². The van der Waals surface area contributed by atoms with Gasteiger partial charge in [0.15, 0.2) is 30.4 Å². The van der Waals surface area contributed by atoms with Crippen molar-refractivity contribution in [3.8, 4) is 0 Å². The lowest BCUT2D eigenvalue weighted by Crippen LogP contribution is -2.47. The summed E-state index contributed by atoms with van der Waals surface area (Å²) in [5.74, 6) is -18.4. The lowest BCUT2D eigenvalue weighted by atomic mass is 10.0. The number of benzene rings is 6. The number of hydrogen-bond acceptors (Lipinski definition) is 21. The minimum atomic E-state index is -6.54. The van der Waals surface area contributed by atoms with Crippen molar-refractivity contribution in [2.24, 2.45) is 0 Å². The molecule has 21 nitrogen and oxygen atoms in total. The van der Waals surface area contributed by atoms with Crippen molar-refractivity contribution < 1.29 is 151 Å². The summed E-state index contributed by atoms with van der Waals surface area (Å²) in [5.41, 5.74) is -2.50. The third-order valence-corrected chi connectivity index (χ3v) is 21.5. The normalized spacial score (nSPS) is 12.3. The van der Waals surface area contributed by atoms with Gasteiger partial charge in [-0.05, 0) is 175 Å². The first kappa shape index (κ1) is 121. The van der Waals surface area contributed by atoms with E-state index in [9.17, 15) is 106 Å². The SMILES string of the molecule is CC(=O)OCCC(F)(F)C(F)(F)S(=O)(=O)[O-].CC(=O)OCCC(F)(F)C(F)(F)S(=O)(=O)[O-].CCC(C)(O)CC.CCC(C)(O)CC.CCC(C)(O)CC.CCC(C)(O)CC.CCC(C)(O)CC.CCC(C)(O)CC.O=C(OCCC(F)(F)C(F)(F)S(=O)(=O)[O-])c1ccccc1.c1ccc2cc3ccccc3cc2c1.c1ccc2ccccc2c1. The van der Waals surface area contributed by atoms with Crippen molar-refractivity contribution in [3.63, 3.8) is 0 Å². The number of hydrogen-bond donors (Lipinski definition) is 6. The molecule has 0 spiro atoms. The van der Waals surface area contributed by atoms with E-state index in [1.165, 1.54) is 56.6 Å². The minimum absolute atomic E-state index is 0.00372. The fourth-order valence-corrected chi connectivity index (χ4v) is 8.48. The highest BCUT2D eigenvalue weighted by atomic mass is 32.2. The quantitative estimate of drug-likeness (QED) is 0.00873. The van der Waals surface area contributed by atoms with E-state index in [0.29, 0.717) is 0 Å². The molecule has 6 rings (SSSR count). The molecule has 688 valence electrons. The fraction of sp³-hybridized carbons (Fsp3) is 0.602. The molecule has 0 amide bonds. The van der Waals surface area contributed by atoms with Crippen molar-refractivity contribution in [3.05, 3.63) is 145 Å². The molecule has 0 atom stereocenters. The zero-order valence-corrected chi connectivity index (χ0v) is 74.0. The summed E-state index contributed by atoms with van der Waals surface area (Å²) in [6.07, 6.45) is 4.88. The average molecular weight is 1780 g/mol. The monoisotopic (exact) mass is 1780 g/mol. The zero-order valence-electron chi connectivity index (χ0n) is 71.6. The zero-order chi connectivity index (χ0) is 94.4. The second kappa shape index (κ2) is 54.6. The molecule has 0 saturated heterocycles. The van der Waals surface area contributed by atoms with Gasteiger partial charge in [-0.1, -0.05) is 198 Å². The minimum Gasteiger partial charge on any atom is -0.743 e. The van der Waals surface area contributed by atoms with E-state index in [1.807, 2.05) is 125 Å². The van der Waals surface area contributed by atoms with Gasteiger partial charge in [0.2, 0.25) is 0 Å². The Labute approximate surface area is 694 Å². The van der Waals surface area contributed by atoms with Gasteiger partial charge in [0.1, 0.15) is 0 Å². The van der Waals surface area contributed by atoms with Crippen LogP contribution in [0.4, 0.5) is 52.7 Å². The van der Waals surface area contributed by atoms with Crippen molar-refractivity contribution in [2.75, 3.05) is 19.8 Å². The predicted octanol–water partition coefficient (Wildman–Crippen LogP) is 19.6. The van der Waals surface area contributed by atoms with E-state index in [1.54, 1.807) is 6.07 Å². The van der Waals surface area contributed by atoms with Gasteiger partial charge in [-0.2, -0.15) is 52.7 Å². The summed E-state index contributed by atoms with van der Waals surface area (Å²) in [4.78, 5) is 31.6. The van der Waals surface area contributed by atoms with Crippen LogP contribution in [-0.2, 0) is 54.2 Å². The third kappa shape index (κ3) is 49.2. The molecule has 6 aromatic rings. The molecule has 0 aliphatic heterocycles. The first-order valence-corrected chi connectivity index (χ1v) is 42.5. The number of esters is 3. The Morgan fingerprint density at radius 1 is 0.294 bits per heavy atom. The number of ether oxygens (including phenoxy) is 3. The van der Waals surface area contributed by atoms with Gasteiger partial charge in [0.05, 0.1) is 78.3 Å². The molecule has 0 heterocycles. The summed E-state index contributed by atoms with van der Waals surface area (Å²) in [7, 11) is -19.5. The second-order valence-corrected chi connectivity index (χ2v) is 32.8. The summed E-state index contributed by atoms with van der Waals surface area (Å²) in [5, 5.41) is 45.4. The fourth-order valence-electron chi connectivity index (χ4n) is 7.08. The summed E-state index contributed by atoms with van der Waals surface area (Å²) >= 11 is 0. The van der Waals surface area contributed by atoms with Crippen LogP contribution in [0.2, 0.25) is 0 Å². The van der Waals surface area contributed by atoms with Crippen molar-refractivity contribution >= 4 is 80.6 Å². The molecule has 36 heteroatoms. The number of rotatable bonds is 28. The Hall–Kier alpha value is -6.84. The van der Waals surface area contributed by atoms with Crippen LogP contribution in [0.15, 0.2) is 140 Å². The molecule has 6 aromatic carbocycles. The van der Waals surface area contributed by atoms with Crippen molar-refractivity contribution in [1.29, 1.82) is 0 Å². The summed E-state index contributed by atoms with van der Waals surface area (Å²) < 4.78 is 254. The topological polar surface area (TPSA) is 372 Å². The van der Waals surface area contributed by atoms with Gasteiger partial charge in [-0.15, -0.1) is 0 Å². The van der Waals surface area contributed by atoms with E-state index >= 15 is 0 Å². The molecule has 0 radical (unpaired) electrons. The maximum absolute atomic E-state index is 13.0. The average Bonchev–Trinajstić information content (AvgIpc) is 0.789. The Morgan fingerprint density at radius 3 is 0.605 bits per heavy atom. The standard InChI is InChI=1S/C14H10.C11H10F4O5S.C10H8.2C6H8F4O5S.6C6H14O/c1-2-6-12-10-14-8-4-3-7-13(14)9-11(12)5-1;12-10(13,11(14,15)21(17,18)19)6-7-20-9(16)8-4-2-1-3-5-8;1-2-6-10-8-4-3-7-9(10)5-1;2*1-4(11)15-3-2-5(7,8)6(9,10)16(12,13)14;6*1-4-6(3,7)5-2/h1-10H;1-5H,6-7H2,(H,17,18,19);1-8H;2*2-3H2,1H3,(H,12,13,14);6*7H,4-5H2,1-3H3/p-3. The lowest BCUT2D eigenvalue weighted by Gasteiger charge is -2.28. The predicted molar refractivity (Wildman–Crippen MR) is 435 cm³/mol. The molecule has 0 unspecified atom stereocenters. The van der Waals surface area contributed by atoms with E-state index < -0.39 is 154 Å². The van der Waals surface area contributed by atoms with Crippen LogP contribution in [0.25, 0.3) is 32.3 Å². The van der Waals surface area contributed by atoms with Crippen LogP contribution < -0.4 is 0 Å². The highest BCUT2D eigenvalue weighted by Crippen LogP contribution is 2.43. The summed E-state index contributed by atoms with van der Waals surface area (Å²) in [6, 6.07) is 45.2. The first-order valence-electron chi connectivity index (χ1n) is 38.2. The number of alkyl halides is 12. The molecule has 0 saturated carbocycles. The Kier molecular flexibility index (Phi) is 55.4. The molecule has 119 heavy (non-hydrogen) atoms. The van der Waals surface area contributed by atoms with Crippen molar-refractivity contribution in [2.45, 2.75) is 302 Å². The van der Waals surface area contributed by atoms with E-state index in [2.05, 4.69) is 123 Å². The van der Waals surface area contributed by atoms with Gasteiger partial charge in [-0.25, -0.2) is 30.0 Å². The number of aliphatic hydroxyl groups is 6. The number of halogens is 12. The number of carbonyl (C=O) groups is 3. The largest absolute Gasteiger partial charge is 0.743 e. The molecule has 0 bridgehead atoms. The molecular formula is C83H125F12O21S3-3. The Balaban J connectivity index is -0.000000411. The van der Waals surface area contributed by atoms with Gasteiger partial charge < -0.3 is 58.5 Å². The van der Waals surface area contributed by atoms with Gasteiger partial charge in [0.25, 0.3) is 0 Å². The Morgan fingerprint density at radius 2 is 0.454 bits per heavy atom. The molecular weight excluding hydrogens is 1660 g/mol. The van der Waals surface area contributed by atoms with Crippen LogP contribution in [0.1, 0.15) is 245 Å². The molecule has 0 aliphatic carbocycles. The number of fused-ring (bicyclic) bond motifs is 3. The third-order valence-electron chi connectivity index (χ3n) is 18.7. The highest BCUT2D eigenvalue weighted by Gasteiger charge is 2.63. The highest BCUT2D eigenvalue weighted by molar-refractivity contribution is 7.87. The molecule has 0 aromatic heterocycles. The van der Waals surface area contributed by atoms with Crippen LogP contribution in [0.5, 0.6) is 0 Å². The smallest absolute Gasteiger partial charge is 0.396 e. The van der Waals surface area contributed by atoms with E-state index in [4.69, 9.17) is 30.6 Å². The first-order chi connectivity index (χ1) is 53.9. The van der Waals surface area contributed by atoms with E-state index in [-0.39, 0.29) is 5.56 Å². The van der Waals surface area contributed by atoms with Gasteiger partial charge in [-0.3, -0.25) is 9.59 Å². The maximum atomic E-state index is 13.0. The number of carbonyl (C=O) groups excluding carboxylic acids is 3. The van der Waals surface area contributed by atoms with Crippen LogP contribution in [0.3, 0.4) is 0 Å². The van der Waals surface area contributed by atoms with Crippen LogP contribution in [-0.4, -0.2) is 174 Å². The maximum Gasteiger partial charge on any atom is 0.396 e. The van der Waals surface area contributed by atoms with Gasteiger partial charge >= 0.3 is 51.4 Å². The lowest BCUT2D eigenvalue weighted by molar-refractivity contribution is -0.174. The second-order valence-electron chi connectivity index (χ2n) is 28.6. The summed E-state index contributed by atoms with van der Waals surface area (Å²) in [6.45, 7) is 33.3. The van der Waals surface area contributed by atoms with Gasteiger partial charge in [0, 0.05) is 13.8 Å².